The van der Waals surface area contributed by atoms with E-state index >= 15 is 0 Å². The minimum atomic E-state index is -5.55. The van der Waals surface area contributed by atoms with Crippen molar-refractivity contribution in [1.29, 1.82) is 0 Å². The van der Waals surface area contributed by atoms with Gasteiger partial charge >= 0.3 is 15.5 Å². The number of hydrogen-bond acceptors (Lipinski definition) is 4. The highest BCUT2D eigenvalue weighted by Gasteiger charge is 2.46. The van der Waals surface area contributed by atoms with Gasteiger partial charge in [-0.15, -0.1) is 0 Å². The van der Waals surface area contributed by atoms with Crippen LogP contribution in [-0.2, 0) is 21.5 Å². The van der Waals surface area contributed by atoms with Crippen molar-refractivity contribution >= 4 is 33.0 Å². The second kappa shape index (κ2) is 8.18. The van der Waals surface area contributed by atoms with Crippen molar-refractivity contribution in [2.45, 2.75) is 26.0 Å². The molecule has 0 aliphatic heterocycles. The van der Waals surface area contributed by atoms with Crippen molar-refractivity contribution in [1.82, 2.24) is 0 Å². The van der Waals surface area contributed by atoms with Gasteiger partial charge in [-0.2, -0.15) is 21.6 Å². The van der Waals surface area contributed by atoms with Gasteiger partial charge in [-0.25, -0.2) is 0 Å². The first-order valence-electron chi connectivity index (χ1n) is 7.61. The third kappa shape index (κ3) is 5.36. The smallest absolute Gasteiger partial charge is 0.391 e. The number of halogens is 4. The van der Waals surface area contributed by atoms with E-state index in [9.17, 15) is 21.6 Å². The summed E-state index contributed by atoms with van der Waals surface area (Å²) in [6.07, 6.45) is 0. The lowest BCUT2D eigenvalue weighted by Crippen LogP contribution is -2.30. The fourth-order valence-electron chi connectivity index (χ4n) is 2.11. The number of nitrogens with zero attached hydrogens (tertiary/aromatic N) is 1. The van der Waals surface area contributed by atoms with Crippen LogP contribution in [0.1, 0.15) is 23.6 Å². The maximum atomic E-state index is 12.6. The molecule has 0 aliphatic rings. The van der Waals surface area contributed by atoms with Gasteiger partial charge in [-0.1, -0.05) is 46.6 Å². The fraction of sp³-hybridized carbons (Fsp3) is 0.235. The summed E-state index contributed by atoms with van der Waals surface area (Å²) in [5.41, 5.74) is -3.92. The second-order valence-corrected chi connectivity index (χ2v) is 7.72. The summed E-state index contributed by atoms with van der Waals surface area (Å²) in [5, 5.41) is 4.35. The van der Waals surface area contributed by atoms with Crippen LogP contribution in [0.15, 0.2) is 47.6 Å². The van der Waals surface area contributed by atoms with Crippen LogP contribution in [0, 0.1) is 6.92 Å². The Morgan fingerprint density at radius 2 is 1.89 bits per heavy atom. The van der Waals surface area contributed by atoms with E-state index in [2.05, 4.69) is 5.16 Å². The molecule has 0 radical (unpaired) electrons. The van der Waals surface area contributed by atoms with Gasteiger partial charge in [0.05, 0.1) is 11.4 Å². The summed E-state index contributed by atoms with van der Waals surface area (Å²) in [4.78, 5) is 5.21. The Labute approximate surface area is 159 Å². The van der Waals surface area contributed by atoms with Crippen molar-refractivity contribution in [3.8, 4) is 0 Å². The number of aryl methyl sites for hydroxylation is 1. The van der Waals surface area contributed by atoms with E-state index in [1.165, 1.54) is 25.1 Å². The first kappa shape index (κ1) is 21.0. The van der Waals surface area contributed by atoms with Crippen molar-refractivity contribution in [3.63, 3.8) is 0 Å². The van der Waals surface area contributed by atoms with Crippen molar-refractivity contribution in [2.75, 3.05) is 4.72 Å². The zero-order valence-corrected chi connectivity index (χ0v) is 15.9. The average molecular weight is 421 g/mol. The van der Waals surface area contributed by atoms with Crippen LogP contribution in [0.4, 0.5) is 18.9 Å². The molecule has 0 heterocycles. The predicted molar refractivity (Wildman–Crippen MR) is 98.2 cm³/mol. The zero-order valence-electron chi connectivity index (χ0n) is 14.3. The van der Waals surface area contributed by atoms with E-state index < -0.39 is 15.5 Å². The molecule has 0 bridgehead atoms. The lowest BCUT2D eigenvalue weighted by molar-refractivity contribution is -0.0429. The molecule has 0 saturated heterocycles. The largest absolute Gasteiger partial charge is 0.516 e. The molecule has 2 aromatic rings. The molecule has 27 heavy (non-hydrogen) atoms. The summed E-state index contributed by atoms with van der Waals surface area (Å²) < 4.78 is 62.3. The van der Waals surface area contributed by atoms with Crippen LogP contribution in [-0.4, -0.2) is 19.6 Å². The van der Waals surface area contributed by atoms with E-state index in [4.69, 9.17) is 16.4 Å². The predicted octanol–water partition coefficient (Wildman–Crippen LogP) is 4.85. The summed E-state index contributed by atoms with van der Waals surface area (Å²) in [5.74, 6) is 0. The second-order valence-electron chi connectivity index (χ2n) is 5.64. The highest BCUT2D eigenvalue weighted by molar-refractivity contribution is 7.93. The van der Waals surface area contributed by atoms with Gasteiger partial charge in [0.25, 0.3) is 0 Å². The summed E-state index contributed by atoms with van der Waals surface area (Å²) in [6.45, 7) is 3.25. The first-order chi connectivity index (χ1) is 12.5. The molecule has 0 spiro atoms. The maximum absolute atomic E-state index is 12.6. The van der Waals surface area contributed by atoms with Gasteiger partial charge in [0.15, 0.2) is 0 Å². The Morgan fingerprint density at radius 3 is 2.52 bits per heavy atom. The molecule has 2 aromatic carbocycles. The molecule has 1 N–H and O–H groups in total. The van der Waals surface area contributed by atoms with Gasteiger partial charge in [-0.05, 0) is 32.0 Å². The number of nitrogens with one attached hydrogen (secondary N) is 1. The molecule has 0 saturated carbocycles. The molecular weight excluding hydrogens is 405 g/mol. The minimum absolute atomic E-state index is 0.0481. The molecule has 0 fully saturated rings. The molecule has 0 amide bonds. The van der Waals surface area contributed by atoms with Crippen molar-refractivity contribution < 1.29 is 26.4 Å². The third-order valence-electron chi connectivity index (χ3n) is 3.49. The van der Waals surface area contributed by atoms with Crippen molar-refractivity contribution in [3.05, 3.63) is 64.2 Å². The Bertz CT molecular complexity index is 960. The van der Waals surface area contributed by atoms with Crippen LogP contribution in [0.25, 0.3) is 0 Å². The molecule has 0 aliphatic carbocycles. The SMILES string of the molecule is C/C(=N\OCc1ccccc1Cl)c1cc(C)ccc1NS(=O)(=O)C(F)(F)F. The highest BCUT2D eigenvalue weighted by Crippen LogP contribution is 2.28. The number of oxime groups is 1. The molecule has 0 aromatic heterocycles. The van der Waals surface area contributed by atoms with Crippen molar-refractivity contribution in [2.24, 2.45) is 5.16 Å². The number of anilines is 1. The molecule has 10 heteroatoms. The molecule has 0 unspecified atom stereocenters. The molecule has 5 nitrogen and oxygen atoms in total. The van der Waals surface area contributed by atoms with Crippen LogP contribution in [0.5, 0.6) is 0 Å². The molecule has 146 valence electrons. The van der Waals surface area contributed by atoms with E-state index in [0.717, 1.165) is 0 Å². The van der Waals surface area contributed by atoms with Gasteiger partial charge in [0, 0.05) is 16.1 Å². The van der Waals surface area contributed by atoms with E-state index in [-0.39, 0.29) is 23.6 Å². The van der Waals surface area contributed by atoms with Gasteiger partial charge in [0.2, 0.25) is 0 Å². The Balaban J connectivity index is 2.26. The third-order valence-corrected chi connectivity index (χ3v) is 4.96. The van der Waals surface area contributed by atoms with Crippen LogP contribution >= 0.6 is 11.6 Å². The number of benzene rings is 2. The average Bonchev–Trinajstić information content (AvgIpc) is 2.57. The Kier molecular flexibility index (Phi) is 6.38. The highest BCUT2D eigenvalue weighted by atomic mass is 35.5. The molecule has 0 atom stereocenters. The number of rotatable bonds is 6. The zero-order chi connectivity index (χ0) is 20.2. The van der Waals surface area contributed by atoms with Gasteiger partial charge in [0.1, 0.15) is 6.61 Å². The Hall–Kier alpha value is -2.26. The molecule has 2 rings (SSSR count). The lowest BCUT2D eigenvalue weighted by Gasteiger charge is -2.14. The number of alkyl halides is 3. The van der Waals surface area contributed by atoms with E-state index in [0.29, 0.717) is 16.1 Å². The summed E-state index contributed by atoms with van der Waals surface area (Å²) >= 11 is 6.01. The first-order valence-corrected chi connectivity index (χ1v) is 9.47. The minimum Gasteiger partial charge on any atom is -0.391 e. The van der Waals surface area contributed by atoms with Gasteiger partial charge < -0.3 is 4.84 Å². The van der Waals surface area contributed by atoms with Crippen LogP contribution in [0.2, 0.25) is 5.02 Å². The molecular formula is C17H16ClF3N2O3S. The van der Waals surface area contributed by atoms with Crippen LogP contribution in [0.3, 0.4) is 0 Å². The fourth-order valence-corrected chi connectivity index (χ4v) is 2.89. The summed E-state index contributed by atoms with van der Waals surface area (Å²) in [6, 6.07) is 11.2. The van der Waals surface area contributed by atoms with E-state index in [1.54, 1.807) is 35.9 Å². The maximum Gasteiger partial charge on any atom is 0.516 e. The Morgan fingerprint density at radius 1 is 1.22 bits per heavy atom. The monoisotopic (exact) mass is 420 g/mol. The normalized spacial score (nSPS) is 12.7. The lowest BCUT2D eigenvalue weighted by atomic mass is 10.1. The quantitative estimate of drug-likeness (QED) is 0.536. The standard InChI is InChI=1S/C17H16ClF3N2O3S/c1-11-7-8-16(23-27(24,25)17(19,20)21)14(9-11)12(2)22-26-10-13-5-3-4-6-15(13)18/h3-9,23H,10H2,1-2H3/b22-12+. The topological polar surface area (TPSA) is 67.8 Å². The number of sulfonamides is 1. The van der Waals surface area contributed by atoms with Crippen LogP contribution < -0.4 is 4.72 Å². The van der Waals surface area contributed by atoms with E-state index in [1.807, 2.05) is 0 Å². The number of hydrogen-bond donors (Lipinski definition) is 1. The van der Waals surface area contributed by atoms with Gasteiger partial charge in [-0.3, -0.25) is 4.72 Å². The summed E-state index contributed by atoms with van der Waals surface area (Å²) in [7, 11) is -5.55.